The summed E-state index contributed by atoms with van der Waals surface area (Å²) in [6, 6.07) is 7.59. The Morgan fingerprint density at radius 1 is 1.37 bits per heavy atom. The van der Waals surface area contributed by atoms with Gasteiger partial charge in [0.05, 0.1) is 13.7 Å². The van der Waals surface area contributed by atoms with Crippen molar-refractivity contribution >= 4 is 0 Å². The Kier molecular flexibility index (Phi) is 6.72. The van der Waals surface area contributed by atoms with Crippen LogP contribution in [0.5, 0.6) is 11.5 Å². The average molecular weight is 264 g/mol. The van der Waals surface area contributed by atoms with Crippen molar-refractivity contribution in [3.63, 3.8) is 0 Å². The van der Waals surface area contributed by atoms with Gasteiger partial charge in [-0.2, -0.15) is 5.26 Å². The van der Waals surface area contributed by atoms with E-state index >= 15 is 0 Å². The zero-order valence-electron chi connectivity index (χ0n) is 11.6. The maximum atomic E-state index is 8.80. The van der Waals surface area contributed by atoms with Gasteiger partial charge in [0.2, 0.25) is 0 Å². The number of nitrogens with one attached hydrogen (secondary N) is 1. The Morgan fingerprint density at radius 2 is 2.16 bits per heavy atom. The van der Waals surface area contributed by atoms with E-state index in [1.165, 1.54) is 0 Å². The van der Waals surface area contributed by atoms with Crippen LogP contribution in [0, 0.1) is 11.3 Å². The molecule has 1 atom stereocenters. The molecule has 0 saturated carbocycles. The van der Waals surface area contributed by atoms with Gasteiger partial charge in [0, 0.05) is 25.8 Å². The third-order valence-corrected chi connectivity index (χ3v) is 2.55. The molecule has 0 bridgehead atoms. The van der Waals surface area contributed by atoms with Crippen molar-refractivity contribution in [2.24, 2.45) is 0 Å². The zero-order valence-corrected chi connectivity index (χ0v) is 11.6. The van der Waals surface area contributed by atoms with E-state index in [1.54, 1.807) is 21.1 Å². The lowest BCUT2D eigenvalue weighted by atomic mass is 10.2. The van der Waals surface area contributed by atoms with Gasteiger partial charge in [-0.25, -0.2) is 0 Å². The molecule has 0 amide bonds. The lowest BCUT2D eigenvalue weighted by Crippen LogP contribution is -2.19. The Morgan fingerprint density at radius 3 is 2.79 bits per heavy atom. The van der Waals surface area contributed by atoms with E-state index in [2.05, 4.69) is 11.4 Å². The molecule has 1 N–H and O–H groups in total. The molecule has 1 aromatic rings. The second-order valence-electron chi connectivity index (χ2n) is 4.03. The highest BCUT2D eigenvalue weighted by atomic mass is 16.5. The number of ether oxygens (including phenoxy) is 3. The van der Waals surface area contributed by atoms with Crippen molar-refractivity contribution in [1.82, 2.24) is 5.32 Å². The Labute approximate surface area is 114 Å². The second-order valence-corrected chi connectivity index (χ2v) is 4.03. The van der Waals surface area contributed by atoms with Crippen molar-refractivity contribution in [3.8, 4) is 17.6 Å². The summed E-state index contributed by atoms with van der Waals surface area (Å²) in [4.78, 5) is 0. The summed E-state index contributed by atoms with van der Waals surface area (Å²) in [7, 11) is 3.28. The third-order valence-electron chi connectivity index (χ3n) is 2.55. The predicted octanol–water partition coefficient (Wildman–Crippen LogP) is 1.72. The molecule has 0 aliphatic carbocycles. The first-order valence-electron chi connectivity index (χ1n) is 6.14. The minimum absolute atomic E-state index is 0.480. The number of nitrogens with zero attached hydrogens (tertiary/aromatic N) is 1. The lowest BCUT2D eigenvalue weighted by molar-refractivity contribution is 0.199. The summed E-state index contributed by atoms with van der Waals surface area (Å²) >= 11 is 0. The Bertz CT molecular complexity index is 429. The Hall–Kier alpha value is -1.77. The molecule has 0 spiro atoms. The summed E-state index contributed by atoms with van der Waals surface area (Å²) in [5.74, 6) is 1.46. The van der Waals surface area contributed by atoms with Crippen LogP contribution in [-0.4, -0.2) is 33.5 Å². The fraction of sp³-hybridized carbons (Fsp3) is 0.500. The van der Waals surface area contributed by atoms with Gasteiger partial charge >= 0.3 is 0 Å². The molecule has 0 aromatic heterocycles. The van der Waals surface area contributed by atoms with Crippen molar-refractivity contribution in [2.75, 3.05) is 27.4 Å². The van der Waals surface area contributed by atoms with Crippen LogP contribution in [0.3, 0.4) is 0 Å². The number of nitriles is 1. The van der Waals surface area contributed by atoms with Gasteiger partial charge in [0.1, 0.15) is 17.6 Å². The monoisotopic (exact) mass is 264 g/mol. The maximum Gasteiger partial charge on any atom is 0.181 e. The highest BCUT2D eigenvalue weighted by Crippen LogP contribution is 2.25. The molecule has 0 fully saturated rings. The molecule has 0 saturated heterocycles. The largest absolute Gasteiger partial charge is 0.497 e. The van der Waals surface area contributed by atoms with Crippen LogP contribution >= 0.6 is 0 Å². The van der Waals surface area contributed by atoms with Gasteiger partial charge in [-0.3, -0.25) is 0 Å². The first-order chi connectivity index (χ1) is 9.21. The van der Waals surface area contributed by atoms with Gasteiger partial charge in [0.25, 0.3) is 0 Å². The topological polar surface area (TPSA) is 63.5 Å². The molecule has 0 heterocycles. The molecule has 5 heteroatoms. The molecule has 19 heavy (non-hydrogen) atoms. The average Bonchev–Trinajstić information content (AvgIpc) is 2.44. The van der Waals surface area contributed by atoms with Gasteiger partial charge in [-0.05, 0) is 25.1 Å². The number of rotatable bonds is 8. The maximum absolute atomic E-state index is 8.80. The highest BCUT2D eigenvalue weighted by Gasteiger charge is 2.09. The lowest BCUT2D eigenvalue weighted by Gasteiger charge is -2.14. The number of hydrogen-bond donors (Lipinski definition) is 1. The normalized spacial score (nSPS) is 11.7. The van der Waals surface area contributed by atoms with E-state index in [-0.39, 0.29) is 0 Å². The van der Waals surface area contributed by atoms with Crippen molar-refractivity contribution in [3.05, 3.63) is 23.8 Å². The highest BCUT2D eigenvalue weighted by molar-refractivity contribution is 5.40. The third kappa shape index (κ3) is 5.16. The van der Waals surface area contributed by atoms with Crippen molar-refractivity contribution < 1.29 is 14.2 Å². The van der Waals surface area contributed by atoms with E-state index in [0.29, 0.717) is 18.9 Å². The van der Waals surface area contributed by atoms with Crippen LogP contribution in [-0.2, 0) is 11.3 Å². The van der Waals surface area contributed by atoms with Gasteiger partial charge in [-0.15, -0.1) is 0 Å². The minimum Gasteiger partial charge on any atom is -0.497 e. The molecule has 104 valence electrons. The summed E-state index contributed by atoms with van der Waals surface area (Å²) < 4.78 is 15.7. The van der Waals surface area contributed by atoms with Crippen LogP contribution in [0.25, 0.3) is 0 Å². The summed E-state index contributed by atoms with van der Waals surface area (Å²) in [5.41, 5.74) is 0.956. The Balaban J connectivity index is 2.75. The van der Waals surface area contributed by atoms with E-state index in [9.17, 15) is 0 Å². The smallest absolute Gasteiger partial charge is 0.181 e. The van der Waals surface area contributed by atoms with E-state index in [4.69, 9.17) is 19.5 Å². The molecule has 0 radical (unpaired) electrons. The summed E-state index contributed by atoms with van der Waals surface area (Å²) in [6.07, 6.45) is -0.480. The minimum atomic E-state index is -0.480. The van der Waals surface area contributed by atoms with Gasteiger partial charge < -0.3 is 19.5 Å². The van der Waals surface area contributed by atoms with Crippen LogP contribution in [0.15, 0.2) is 18.2 Å². The van der Waals surface area contributed by atoms with E-state index < -0.39 is 6.10 Å². The molecule has 0 aliphatic rings. The molecular formula is C14H20N2O3. The molecule has 1 aromatic carbocycles. The molecule has 0 aliphatic heterocycles. The number of benzene rings is 1. The molecule has 5 nitrogen and oxygen atoms in total. The van der Waals surface area contributed by atoms with Crippen LogP contribution in [0.2, 0.25) is 0 Å². The molecule has 1 rings (SSSR count). The van der Waals surface area contributed by atoms with Crippen molar-refractivity contribution in [1.29, 1.82) is 5.26 Å². The fourth-order valence-corrected chi connectivity index (χ4v) is 1.55. The van der Waals surface area contributed by atoms with Crippen molar-refractivity contribution in [2.45, 2.75) is 19.6 Å². The predicted molar refractivity (Wildman–Crippen MR) is 72.3 cm³/mol. The SMILES string of the molecule is COCCNCc1cc(OC)ccc1OC(C)C#N. The van der Waals surface area contributed by atoms with Gasteiger partial charge in [-0.1, -0.05) is 0 Å². The summed E-state index contributed by atoms with van der Waals surface area (Å²) in [6.45, 7) is 3.75. The first-order valence-corrected chi connectivity index (χ1v) is 6.14. The standard InChI is InChI=1S/C14H20N2O3/c1-11(9-15)19-14-5-4-13(18-3)8-12(14)10-16-6-7-17-2/h4-5,8,11,16H,6-7,10H2,1-3H3. The fourth-order valence-electron chi connectivity index (χ4n) is 1.55. The number of methoxy groups -OCH3 is 2. The van der Waals surface area contributed by atoms with Gasteiger partial charge in [0.15, 0.2) is 6.10 Å². The quantitative estimate of drug-likeness (QED) is 0.724. The molecule has 1 unspecified atom stereocenters. The second kappa shape index (κ2) is 8.35. The number of hydrogen-bond acceptors (Lipinski definition) is 5. The van der Waals surface area contributed by atoms with E-state index in [0.717, 1.165) is 17.9 Å². The first kappa shape index (κ1) is 15.3. The van der Waals surface area contributed by atoms with Crippen LogP contribution in [0.4, 0.5) is 0 Å². The van der Waals surface area contributed by atoms with Crippen LogP contribution in [0.1, 0.15) is 12.5 Å². The zero-order chi connectivity index (χ0) is 14.1. The molecular weight excluding hydrogens is 244 g/mol. The van der Waals surface area contributed by atoms with E-state index in [1.807, 2.05) is 18.2 Å². The van der Waals surface area contributed by atoms with Crippen LogP contribution < -0.4 is 14.8 Å². The summed E-state index contributed by atoms with van der Waals surface area (Å²) in [5, 5.41) is 12.0.